The Kier molecular flexibility index (Phi) is 3.64. The van der Waals surface area contributed by atoms with E-state index in [0.29, 0.717) is 5.13 Å². The van der Waals surface area contributed by atoms with E-state index in [1.54, 1.807) is 24.3 Å². The number of hydrogen-bond acceptors (Lipinski definition) is 6. The molecule has 0 radical (unpaired) electrons. The Balaban J connectivity index is 1.51. The number of phenols is 1. The molecule has 0 fully saturated rings. The van der Waals surface area contributed by atoms with Crippen LogP contribution in [-0.4, -0.2) is 16.0 Å². The maximum atomic E-state index is 12.3. The number of hydroxylamine groups is 1. The van der Waals surface area contributed by atoms with Gasteiger partial charge in [0.05, 0.1) is 16.3 Å². The molecule has 0 saturated heterocycles. The van der Waals surface area contributed by atoms with E-state index in [0.717, 1.165) is 15.8 Å². The van der Waals surface area contributed by atoms with Crippen LogP contribution in [0.3, 0.4) is 0 Å². The van der Waals surface area contributed by atoms with Crippen molar-refractivity contribution in [2.45, 2.75) is 6.04 Å². The van der Waals surface area contributed by atoms with Crippen LogP contribution in [0.2, 0.25) is 0 Å². The van der Waals surface area contributed by atoms with Crippen LogP contribution in [0.15, 0.2) is 60.4 Å². The molecular formula is C17H13N3O3S. The Morgan fingerprint density at radius 3 is 2.92 bits per heavy atom. The topological polar surface area (TPSA) is 83.5 Å². The molecule has 1 unspecified atom stereocenters. The van der Waals surface area contributed by atoms with E-state index in [9.17, 15) is 9.90 Å². The summed E-state index contributed by atoms with van der Waals surface area (Å²) in [6, 6.07) is 14.4. The summed E-state index contributed by atoms with van der Waals surface area (Å²) < 4.78 is 0.798. The molecule has 0 saturated carbocycles. The first-order valence-electron chi connectivity index (χ1n) is 7.29. The Morgan fingerprint density at radius 2 is 2.08 bits per heavy atom. The maximum absolute atomic E-state index is 12.3. The highest BCUT2D eigenvalue weighted by molar-refractivity contribution is 7.22. The van der Waals surface area contributed by atoms with Gasteiger partial charge in [-0.25, -0.2) is 4.98 Å². The molecule has 6 nitrogen and oxygen atoms in total. The number of carbonyl (C=O) groups is 1. The monoisotopic (exact) mass is 339 g/mol. The number of aromatic nitrogens is 1. The second-order valence-corrected chi connectivity index (χ2v) is 6.30. The summed E-state index contributed by atoms with van der Waals surface area (Å²) in [4.78, 5) is 21.9. The number of aromatic hydroxyl groups is 1. The van der Waals surface area contributed by atoms with Crippen molar-refractivity contribution in [3.63, 3.8) is 0 Å². The molecule has 1 aliphatic heterocycles. The summed E-state index contributed by atoms with van der Waals surface area (Å²) in [5, 5.41) is 12.7. The zero-order valence-corrected chi connectivity index (χ0v) is 13.2. The minimum absolute atomic E-state index is 0.167. The summed E-state index contributed by atoms with van der Waals surface area (Å²) in [5.41, 5.74) is 4.55. The molecule has 1 aromatic heterocycles. The number of thiazole rings is 1. The third-order valence-corrected chi connectivity index (χ3v) is 4.52. The van der Waals surface area contributed by atoms with Crippen molar-refractivity contribution in [1.29, 1.82) is 0 Å². The van der Waals surface area contributed by atoms with Crippen LogP contribution in [0.5, 0.6) is 5.75 Å². The van der Waals surface area contributed by atoms with Crippen LogP contribution in [0.25, 0.3) is 10.2 Å². The van der Waals surface area contributed by atoms with Gasteiger partial charge in [0, 0.05) is 0 Å². The molecular weight excluding hydrogens is 326 g/mol. The van der Waals surface area contributed by atoms with Crippen molar-refractivity contribution < 1.29 is 14.7 Å². The fourth-order valence-corrected chi connectivity index (χ4v) is 3.31. The summed E-state index contributed by atoms with van der Waals surface area (Å²) >= 11 is 1.29. The zero-order chi connectivity index (χ0) is 16.5. The van der Waals surface area contributed by atoms with Crippen molar-refractivity contribution in [1.82, 2.24) is 10.5 Å². The molecule has 7 heteroatoms. The van der Waals surface area contributed by atoms with Crippen LogP contribution in [0, 0.1) is 0 Å². The SMILES string of the molecule is O=C(Nc1nc2ccc(O)cc2s1)C1=CC(c2ccccc2)NO1. The van der Waals surface area contributed by atoms with Crippen LogP contribution in [0.1, 0.15) is 11.6 Å². The lowest BCUT2D eigenvalue weighted by Crippen LogP contribution is -2.17. The minimum Gasteiger partial charge on any atom is -0.508 e. The predicted molar refractivity (Wildman–Crippen MR) is 91.4 cm³/mol. The number of phenolic OH excluding ortho intramolecular Hbond substituents is 1. The molecule has 1 atom stereocenters. The van der Waals surface area contributed by atoms with Gasteiger partial charge < -0.3 is 9.94 Å². The molecule has 1 amide bonds. The molecule has 4 rings (SSSR count). The van der Waals surface area contributed by atoms with E-state index in [1.807, 2.05) is 30.3 Å². The van der Waals surface area contributed by atoms with Gasteiger partial charge in [0.25, 0.3) is 5.91 Å². The zero-order valence-electron chi connectivity index (χ0n) is 12.4. The first-order valence-corrected chi connectivity index (χ1v) is 8.11. The largest absolute Gasteiger partial charge is 0.508 e. The molecule has 3 aromatic rings. The molecule has 3 N–H and O–H groups in total. The van der Waals surface area contributed by atoms with Crippen molar-refractivity contribution in [3.8, 4) is 5.75 Å². The molecule has 2 heterocycles. The molecule has 2 aromatic carbocycles. The van der Waals surface area contributed by atoms with E-state index in [-0.39, 0.29) is 23.5 Å². The van der Waals surface area contributed by atoms with Gasteiger partial charge in [-0.15, -0.1) is 5.48 Å². The maximum Gasteiger partial charge on any atom is 0.294 e. The van der Waals surface area contributed by atoms with Gasteiger partial charge in [-0.05, 0) is 29.8 Å². The average Bonchev–Trinajstić information content (AvgIpc) is 3.22. The second-order valence-electron chi connectivity index (χ2n) is 5.26. The fourth-order valence-electron chi connectivity index (χ4n) is 2.42. The van der Waals surface area contributed by atoms with Crippen molar-refractivity contribution >= 4 is 32.6 Å². The number of nitrogens with one attached hydrogen (secondary N) is 2. The Labute approximate surface area is 141 Å². The highest BCUT2D eigenvalue weighted by Crippen LogP contribution is 2.29. The number of amides is 1. The van der Waals surface area contributed by atoms with E-state index in [4.69, 9.17) is 4.84 Å². The van der Waals surface area contributed by atoms with Gasteiger partial charge in [-0.2, -0.15) is 0 Å². The van der Waals surface area contributed by atoms with Crippen LogP contribution < -0.4 is 10.8 Å². The average molecular weight is 339 g/mol. The Hall–Kier alpha value is -2.90. The van der Waals surface area contributed by atoms with Crippen LogP contribution in [0.4, 0.5) is 5.13 Å². The van der Waals surface area contributed by atoms with Gasteiger partial charge in [-0.3, -0.25) is 10.1 Å². The normalized spacial score (nSPS) is 16.7. The predicted octanol–water partition coefficient (Wildman–Crippen LogP) is 3.10. The van der Waals surface area contributed by atoms with Crippen molar-refractivity contribution in [3.05, 3.63) is 65.9 Å². The highest BCUT2D eigenvalue weighted by atomic mass is 32.1. The smallest absolute Gasteiger partial charge is 0.294 e. The number of rotatable bonds is 3. The first-order chi connectivity index (χ1) is 11.7. The van der Waals surface area contributed by atoms with Crippen LogP contribution in [-0.2, 0) is 9.63 Å². The molecule has 120 valence electrons. The number of hydrogen-bond donors (Lipinski definition) is 3. The lowest BCUT2D eigenvalue weighted by molar-refractivity contribution is -0.116. The van der Waals surface area contributed by atoms with E-state index >= 15 is 0 Å². The lowest BCUT2D eigenvalue weighted by atomic mass is 10.1. The second kappa shape index (κ2) is 5.95. The van der Waals surface area contributed by atoms with Crippen molar-refractivity contribution in [2.75, 3.05) is 5.32 Å². The number of fused-ring (bicyclic) bond motifs is 1. The third kappa shape index (κ3) is 2.82. The van der Waals surface area contributed by atoms with Gasteiger partial charge >= 0.3 is 0 Å². The van der Waals surface area contributed by atoms with E-state index in [2.05, 4.69) is 15.8 Å². The number of anilines is 1. The Morgan fingerprint density at radius 1 is 1.25 bits per heavy atom. The fraction of sp³-hybridized carbons (Fsp3) is 0.0588. The van der Waals surface area contributed by atoms with Gasteiger partial charge in [0.1, 0.15) is 5.75 Å². The summed E-state index contributed by atoms with van der Waals surface area (Å²) in [5.74, 6) is -0.00377. The number of nitrogens with zero attached hydrogens (tertiary/aromatic N) is 1. The molecule has 0 aliphatic carbocycles. The van der Waals surface area contributed by atoms with Crippen LogP contribution >= 0.6 is 11.3 Å². The standard InChI is InChI=1S/C17H13N3O3S/c21-11-6-7-12-15(8-11)24-17(18-12)19-16(22)14-9-13(20-23-14)10-4-2-1-3-5-10/h1-9,13,20-21H,(H,18,19,22). The number of carbonyl (C=O) groups excluding carboxylic acids is 1. The first kappa shape index (κ1) is 14.7. The van der Waals surface area contributed by atoms with Gasteiger partial charge in [0.2, 0.25) is 5.76 Å². The van der Waals surface area contributed by atoms with Gasteiger partial charge in [0.15, 0.2) is 5.13 Å². The molecule has 1 aliphatic rings. The summed E-state index contributed by atoms with van der Waals surface area (Å²) in [7, 11) is 0. The highest BCUT2D eigenvalue weighted by Gasteiger charge is 2.24. The Bertz CT molecular complexity index is 937. The molecule has 0 bridgehead atoms. The third-order valence-electron chi connectivity index (χ3n) is 3.59. The quantitative estimate of drug-likeness (QED) is 0.683. The van der Waals surface area contributed by atoms with E-state index in [1.165, 1.54) is 11.3 Å². The summed E-state index contributed by atoms with van der Waals surface area (Å²) in [6.45, 7) is 0. The summed E-state index contributed by atoms with van der Waals surface area (Å²) in [6.07, 6.45) is 1.73. The lowest BCUT2D eigenvalue weighted by Gasteiger charge is -2.06. The van der Waals surface area contributed by atoms with E-state index < -0.39 is 0 Å². The molecule has 0 spiro atoms. The van der Waals surface area contributed by atoms with Crippen molar-refractivity contribution in [2.24, 2.45) is 0 Å². The van der Waals surface area contributed by atoms with Gasteiger partial charge in [-0.1, -0.05) is 41.7 Å². The number of benzene rings is 2. The molecule has 24 heavy (non-hydrogen) atoms. The minimum atomic E-state index is -0.371.